The highest BCUT2D eigenvalue weighted by atomic mass is 80.0. The van der Waals surface area contributed by atoms with Crippen molar-refractivity contribution < 1.29 is 37.4 Å². The number of nitrogens with zero attached hydrogens (tertiary/aromatic N) is 1. The van der Waals surface area contributed by atoms with Gasteiger partial charge in [-0.15, -0.1) is 0 Å². The molecule has 0 atom stereocenters. The van der Waals surface area contributed by atoms with E-state index in [1.54, 1.807) is 0 Å². The summed E-state index contributed by atoms with van der Waals surface area (Å²) in [6, 6.07) is 2.68. The van der Waals surface area contributed by atoms with Gasteiger partial charge >= 0.3 is 14.8 Å². The number of phenolic OH excluding ortho intramolecular Hbond substituents is 2. The van der Waals surface area contributed by atoms with Crippen molar-refractivity contribution in [1.29, 1.82) is 0 Å². The molecule has 0 aromatic heterocycles. The number of benzene rings is 1. The standard InChI is InChI=1S/C8H8BrNO5/c11-7-3-5-1-2-10(15-9(13)14)6(5)4-8(7)12/h3-4,11-12H,1-2H2. The molecule has 0 amide bonds. The fourth-order valence-electron chi connectivity index (χ4n) is 1.52. The van der Waals surface area contributed by atoms with E-state index in [0.29, 0.717) is 18.7 Å². The van der Waals surface area contributed by atoms with Crippen LogP contribution in [0.3, 0.4) is 0 Å². The lowest BCUT2D eigenvalue weighted by molar-refractivity contribution is -1.63. The fourth-order valence-corrected chi connectivity index (χ4v) is 2.11. The maximum atomic E-state index is 10.4. The Kier molecular flexibility index (Phi) is 2.70. The van der Waals surface area contributed by atoms with Gasteiger partial charge in [0.25, 0.3) is 0 Å². The largest absolute Gasteiger partial charge is 0.504 e. The molecule has 1 heterocycles. The molecule has 1 aromatic rings. The van der Waals surface area contributed by atoms with E-state index < -0.39 is 14.8 Å². The number of fused-ring (bicyclic) bond motifs is 1. The van der Waals surface area contributed by atoms with E-state index in [0.717, 1.165) is 5.56 Å². The monoisotopic (exact) mass is 277 g/mol. The molecule has 2 rings (SSSR count). The maximum Gasteiger partial charge on any atom is 0.472 e. The summed E-state index contributed by atoms with van der Waals surface area (Å²) in [6.45, 7) is 0.386. The van der Waals surface area contributed by atoms with Crippen LogP contribution in [0.4, 0.5) is 5.69 Å². The maximum absolute atomic E-state index is 10.4. The molecule has 0 aliphatic carbocycles. The number of phenols is 2. The number of hydrogen-bond donors (Lipinski definition) is 2. The zero-order valence-electron chi connectivity index (χ0n) is 7.51. The molecule has 0 saturated heterocycles. The van der Waals surface area contributed by atoms with Gasteiger partial charge in [-0.3, -0.25) is 0 Å². The third-order valence-electron chi connectivity index (χ3n) is 2.17. The van der Waals surface area contributed by atoms with Gasteiger partial charge in [-0.05, 0) is 18.1 Å². The van der Waals surface area contributed by atoms with Gasteiger partial charge in [-0.25, -0.2) is 0 Å². The van der Waals surface area contributed by atoms with Crippen molar-refractivity contribution in [2.24, 2.45) is 0 Å². The van der Waals surface area contributed by atoms with Crippen LogP contribution in [-0.2, 0) is 10.3 Å². The zero-order valence-corrected chi connectivity index (χ0v) is 9.10. The molecule has 2 N–H and O–H groups in total. The van der Waals surface area contributed by atoms with Crippen LogP contribution in [-0.4, -0.2) is 16.8 Å². The molecule has 1 aromatic carbocycles. The average molecular weight is 278 g/mol. The minimum absolute atomic E-state index is 0.217. The number of hydroxylamine groups is 1. The molecule has 0 bridgehead atoms. The second-order valence-electron chi connectivity index (χ2n) is 3.08. The van der Waals surface area contributed by atoms with Crippen molar-refractivity contribution in [3.8, 4) is 11.5 Å². The van der Waals surface area contributed by atoms with Crippen molar-refractivity contribution in [3.63, 3.8) is 0 Å². The van der Waals surface area contributed by atoms with E-state index in [-0.39, 0.29) is 11.5 Å². The Morgan fingerprint density at radius 1 is 1.27 bits per heavy atom. The summed E-state index contributed by atoms with van der Waals surface area (Å²) in [7, 11) is 0. The van der Waals surface area contributed by atoms with E-state index in [1.807, 2.05) is 0 Å². The normalized spacial score (nSPS) is 14.7. The molecule has 1 aliphatic rings. The molecule has 0 saturated carbocycles. The van der Waals surface area contributed by atoms with Gasteiger partial charge in [0.2, 0.25) is 0 Å². The van der Waals surface area contributed by atoms with Crippen LogP contribution in [0, 0.1) is 14.8 Å². The van der Waals surface area contributed by atoms with Gasteiger partial charge in [-0.1, -0.05) is 0 Å². The van der Waals surface area contributed by atoms with Gasteiger partial charge in [0, 0.05) is 6.07 Å². The highest BCUT2D eigenvalue weighted by molar-refractivity contribution is 5.62. The van der Waals surface area contributed by atoms with Gasteiger partial charge in [0.1, 0.15) is 3.93 Å². The number of hydrogen-bond acceptors (Lipinski definition) is 6. The molecular weight excluding hydrogens is 270 g/mol. The predicted molar refractivity (Wildman–Crippen MR) is 41.9 cm³/mol. The molecule has 7 heteroatoms. The van der Waals surface area contributed by atoms with Gasteiger partial charge < -0.3 is 18.6 Å². The van der Waals surface area contributed by atoms with E-state index >= 15 is 0 Å². The minimum Gasteiger partial charge on any atom is -0.504 e. The van der Waals surface area contributed by atoms with Crippen LogP contribution in [0.5, 0.6) is 11.5 Å². The third kappa shape index (κ3) is 2.00. The topological polar surface area (TPSA) is 99.0 Å². The summed E-state index contributed by atoms with van der Waals surface area (Å²) >= 11 is -3.32. The zero-order chi connectivity index (χ0) is 11.0. The van der Waals surface area contributed by atoms with E-state index in [2.05, 4.69) is 3.93 Å². The van der Waals surface area contributed by atoms with Crippen molar-refractivity contribution in [1.82, 2.24) is 0 Å². The Morgan fingerprint density at radius 2 is 1.93 bits per heavy atom. The summed E-state index contributed by atoms with van der Waals surface area (Å²) in [5.74, 6) is -0.513. The van der Waals surface area contributed by atoms with Crippen LogP contribution >= 0.6 is 0 Å². The van der Waals surface area contributed by atoms with E-state index in [1.165, 1.54) is 17.2 Å². The summed E-state index contributed by atoms with van der Waals surface area (Å²) < 4.78 is 25.4. The Morgan fingerprint density at radius 3 is 2.60 bits per heavy atom. The Bertz CT molecular complexity index is 384. The Hall–Kier alpha value is -1.02. The molecule has 1 aliphatic heterocycles. The molecule has 6 nitrogen and oxygen atoms in total. The average Bonchev–Trinajstić information content (AvgIpc) is 2.49. The number of anilines is 1. The molecule has 0 unspecified atom stereocenters. The summed E-state index contributed by atoms with van der Waals surface area (Å²) in [5, 5.41) is 19.7. The predicted octanol–water partition coefficient (Wildman–Crippen LogP) is -1.52. The molecule has 15 heavy (non-hydrogen) atoms. The first-order chi connectivity index (χ1) is 7.08. The molecule has 82 valence electrons. The molecule has 0 radical (unpaired) electrons. The number of rotatable bonds is 2. The molecule has 0 fully saturated rings. The van der Waals surface area contributed by atoms with Crippen molar-refractivity contribution in [2.75, 3.05) is 11.6 Å². The van der Waals surface area contributed by atoms with Crippen molar-refractivity contribution in [3.05, 3.63) is 17.7 Å². The highest BCUT2D eigenvalue weighted by Gasteiger charge is 2.29. The smallest absolute Gasteiger partial charge is 0.472 e. The van der Waals surface area contributed by atoms with Crippen LogP contribution in [0.1, 0.15) is 5.56 Å². The summed E-state index contributed by atoms with van der Waals surface area (Å²) in [5.41, 5.74) is 1.22. The van der Waals surface area contributed by atoms with Gasteiger partial charge in [0.05, 0.1) is 12.2 Å². The van der Waals surface area contributed by atoms with Crippen molar-refractivity contribution in [2.45, 2.75) is 6.42 Å². The SMILES string of the molecule is [O-][Br+2]([O-])ON1CCc2cc(O)c(O)cc21. The first-order valence-corrected chi connectivity index (χ1v) is 6.08. The van der Waals surface area contributed by atoms with Crippen LogP contribution in [0.15, 0.2) is 12.1 Å². The number of aromatic hydroxyl groups is 2. The lowest BCUT2D eigenvalue weighted by Gasteiger charge is -2.10. The quantitative estimate of drug-likeness (QED) is 0.637. The minimum atomic E-state index is -3.32. The van der Waals surface area contributed by atoms with Crippen molar-refractivity contribution >= 4 is 5.69 Å². The highest BCUT2D eigenvalue weighted by Crippen LogP contribution is 2.37. The number of halogens is 1. The van der Waals surface area contributed by atoms with Crippen LogP contribution in [0.25, 0.3) is 0 Å². The first-order valence-electron chi connectivity index (χ1n) is 4.14. The van der Waals surface area contributed by atoms with E-state index in [4.69, 9.17) is 0 Å². The molecule has 0 spiro atoms. The van der Waals surface area contributed by atoms with Gasteiger partial charge in [-0.2, -0.15) is 5.06 Å². The first kappa shape index (κ1) is 10.5. The van der Waals surface area contributed by atoms with E-state index in [9.17, 15) is 18.6 Å². The lowest BCUT2D eigenvalue weighted by Crippen LogP contribution is -2.40. The Balaban J connectivity index is 2.30. The molecular formula is C8H8BrNO5. The van der Waals surface area contributed by atoms with Gasteiger partial charge in [0.15, 0.2) is 11.5 Å². The Labute approximate surface area is 90.7 Å². The fraction of sp³-hybridized carbons (Fsp3) is 0.250. The summed E-state index contributed by atoms with van der Waals surface area (Å²) in [4.78, 5) is 0. The second-order valence-corrected chi connectivity index (χ2v) is 4.16. The summed E-state index contributed by atoms with van der Waals surface area (Å²) in [6.07, 6.45) is 0.568. The lowest BCUT2D eigenvalue weighted by atomic mass is 10.1. The second kappa shape index (κ2) is 3.86. The third-order valence-corrected chi connectivity index (χ3v) is 2.75. The van der Waals surface area contributed by atoms with Crippen LogP contribution < -0.4 is 13.5 Å². The van der Waals surface area contributed by atoms with Crippen LogP contribution in [0.2, 0.25) is 0 Å².